The van der Waals surface area contributed by atoms with E-state index in [0.717, 1.165) is 74.0 Å². The zero-order valence-electron chi connectivity index (χ0n) is 21.7. The van der Waals surface area contributed by atoms with Crippen molar-refractivity contribution >= 4 is 17.4 Å². The highest BCUT2D eigenvalue weighted by Gasteiger charge is 2.25. The van der Waals surface area contributed by atoms with Crippen LogP contribution in [0.2, 0.25) is 0 Å². The zero-order valence-corrected chi connectivity index (χ0v) is 21.7. The first kappa shape index (κ1) is 24.8. The first-order valence-corrected chi connectivity index (χ1v) is 13.0. The summed E-state index contributed by atoms with van der Waals surface area (Å²) in [6.45, 7) is 11.7. The number of hydrogen-bond donors (Lipinski definition) is 0. The Balaban J connectivity index is 1.23. The number of carbonyl (C=O) groups excluding carboxylic acids is 1. The van der Waals surface area contributed by atoms with Crippen molar-refractivity contribution in [2.45, 2.75) is 20.4 Å². The summed E-state index contributed by atoms with van der Waals surface area (Å²) in [5.41, 5.74) is 6.30. The highest BCUT2D eigenvalue weighted by Crippen LogP contribution is 2.24. The fourth-order valence-corrected chi connectivity index (χ4v) is 5.33. The molecule has 190 valence electrons. The molecule has 37 heavy (non-hydrogen) atoms. The van der Waals surface area contributed by atoms with Gasteiger partial charge in [-0.05, 0) is 60.9 Å². The van der Waals surface area contributed by atoms with Crippen LogP contribution in [0.1, 0.15) is 32.6 Å². The largest absolute Gasteiger partial charge is 0.367 e. The molecule has 0 radical (unpaired) electrons. The molecule has 2 saturated heterocycles. The number of piperazine rings is 2. The molecule has 1 amide bonds. The second-order valence-corrected chi connectivity index (χ2v) is 9.88. The molecular formula is C30H34N6O. The standard InChI is InChI=1S/C30H34N6O/c1-4-25-8-5-6-9-28(25)34-16-18-36(19-17-34)30(37)27-21-26(23(2)20-24(27)3)22-33-12-14-35(15-13-33)29-10-7-11-31-32-29/h1,5-11,20-21H,12-19,22H2,2-3H3. The van der Waals surface area contributed by atoms with E-state index in [1.54, 1.807) is 6.20 Å². The van der Waals surface area contributed by atoms with Crippen LogP contribution in [0.3, 0.4) is 0 Å². The number of carbonyl (C=O) groups is 1. The van der Waals surface area contributed by atoms with Crippen molar-refractivity contribution in [2.75, 3.05) is 62.2 Å². The smallest absolute Gasteiger partial charge is 0.254 e. The van der Waals surface area contributed by atoms with Gasteiger partial charge in [-0.1, -0.05) is 24.1 Å². The van der Waals surface area contributed by atoms with Crippen molar-refractivity contribution < 1.29 is 4.79 Å². The molecule has 2 aliphatic rings. The molecule has 5 rings (SSSR count). The molecule has 7 nitrogen and oxygen atoms in total. The van der Waals surface area contributed by atoms with E-state index in [0.29, 0.717) is 13.1 Å². The van der Waals surface area contributed by atoms with Gasteiger partial charge in [0.15, 0.2) is 5.82 Å². The summed E-state index contributed by atoms with van der Waals surface area (Å²) in [5, 5.41) is 8.25. The molecule has 3 heterocycles. The van der Waals surface area contributed by atoms with Gasteiger partial charge in [-0.3, -0.25) is 9.69 Å². The lowest BCUT2D eigenvalue weighted by Gasteiger charge is -2.37. The Bertz CT molecular complexity index is 1290. The number of rotatable bonds is 5. The van der Waals surface area contributed by atoms with Gasteiger partial charge in [-0.25, -0.2) is 0 Å². The summed E-state index contributed by atoms with van der Waals surface area (Å²) in [5.74, 6) is 3.84. The minimum atomic E-state index is 0.121. The second kappa shape index (κ2) is 11.0. The van der Waals surface area contributed by atoms with Crippen LogP contribution in [0.4, 0.5) is 11.5 Å². The van der Waals surface area contributed by atoms with Gasteiger partial charge >= 0.3 is 0 Å². The van der Waals surface area contributed by atoms with Gasteiger partial charge in [-0.2, -0.15) is 5.10 Å². The third-order valence-electron chi connectivity index (χ3n) is 7.53. The van der Waals surface area contributed by atoms with Crippen LogP contribution < -0.4 is 9.80 Å². The van der Waals surface area contributed by atoms with Gasteiger partial charge in [0.25, 0.3) is 5.91 Å². The summed E-state index contributed by atoms with van der Waals surface area (Å²) in [4.78, 5) is 22.6. The molecular weight excluding hydrogens is 460 g/mol. The number of aryl methyl sites for hydroxylation is 2. The third kappa shape index (κ3) is 5.45. The average molecular weight is 495 g/mol. The maximum atomic E-state index is 13.6. The molecule has 1 aromatic heterocycles. The van der Waals surface area contributed by atoms with Crippen molar-refractivity contribution in [3.8, 4) is 12.3 Å². The van der Waals surface area contributed by atoms with Crippen LogP contribution in [0.25, 0.3) is 0 Å². The van der Waals surface area contributed by atoms with Gasteiger partial charge in [0.1, 0.15) is 0 Å². The highest BCUT2D eigenvalue weighted by molar-refractivity contribution is 5.96. The van der Waals surface area contributed by atoms with Crippen molar-refractivity contribution in [2.24, 2.45) is 0 Å². The van der Waals surface area contributed by atoms with E-state index >= 15 is 0 Å². The number of benzene rings is 2. The molecule has 0 aliphatic carbocycles. The van der Waals surface area contributed by atoms with E-state index in [4.69, 9.17) is 6.42 Å². The zero-order chi connectivity index (χ0) is 25.8. The lowest BCUT2D eigenvalue weighted by Crippen LogP contribution is -2.49. The van der Waals surface area contributed by atoms with E-state index in [9.17, 15) is 4.79 Å². The lowest BCUT2D eigenvalue weighted by atomic mass is 9.98. The normalized spacial score (nSPS) is 16.5. The van der Waals surface area contributed by atoms with E-state index in [1.165, 1.54) is 11.1 Å². The number of amides is 1. The number of para-hydroxylation sites is 1. The molecule has 3 aromatic rings. The highest BCUT2D eigenvalue weighted by atomic mass is 16.2. The van der Waals surface area contributed by atoms with Gasteiger partial charge in [0.05, 0.1) is 5.69 Å². The topological polar surface area (TPSA) is 55.8 Å². The maximum Gasteiger partial charge on any atom is 0.254 e. The van der Waals surface area contributed by atoms with E-state index < -0.39 is 0 Å². The quantitative estimate of drug-likeness (QED) is 0.507. The van der Waals surface area contributed by atoms with E-state index in [1.807, 2.05) is 42.2 Å². The first-order valence-electron chi connectivity index (χ1n) is 13.0. The summed E-state index contributed by atoms with van der Waals surface area (Å²) < 4.78 is 0. The Labute approximate surface area is 219 Å². The minimum Gasteiger partial charge on any atom is -0.367 e. The Hall–Kier alpha value is -3.89. The third-order valence-corrected chi connectivity index (χ3v) is 7.53. The summed E-state index contributed by atoms with van der Waals surface area (Å²) in [7, 11) is 0. The molecule has 7 heteroatoms. The fourth-order valence-electron chi connectivity index (χ4n) is 5.33. The summed E-state index contributed by atoms with van der Waals surface area (Å²) >= 11 is 0. The molecule has 2 fully saturated rings. The molecule has 0 bridgehead atoms. The lowest BCUT2D eigenvalue weighted by molar-refractivity contribution is 0.0746. The maximum absolute atomic E-state index is 13.6. The predicted octanol–water partition coefficient (Wildman–Crippen LogP) is 3.36. The van der Waals surface area contributed by atoms with Crippen molar-refractivity contribution in [3.05, 3.63) is 82.5 Å². The van der Waals surface area contributed by atoms with Crippen LogP contribution in [0, 0.1) is 26.2 Å². The Morgan fingerprint density at radius 1 is 0.892 bits per heavy atom. The van der Waals surface area contributed by atoms with Gasteiger partial charge in [0, 0.05) is 76.2 Å². The first-order chi connectivity index (χ1) is 18.0. The molecule has 0 atom stereocenters. The van der Waals surface area contributed by atoms with Crippen LogP contribution in [-0.2, 0) is 6.54 Å². The number of anilines is 2. The molecule has 0 unspecified atom stereocenters. The van der Waals surface area contributed by atoms with Gasteiger partial charge < -0.3 is 14.7 Å². The van der Waals surface area contributed by atoms with Crippen molar-refractivity contribution in [1.29, 1.82) is 0 Å². The van der Waals surface area contributed by atoms with Gasteiger partial charge in [0.2, 0.25) is 0 Å². The summed E-state index contributed by atoms with van der Waals surface area (Å²) in [6, 6.07) is 16.3. The van der Waals surface area contributed by atoms with E-state index in [-0.39, 0.29) is 5.91 Å². The Morgan fingerprint density at radius 2 is 1.62 bits per heavy atom. The molecule has 0 spiro atoms. The van der Waals surface area contributed by atoms with Crippen LogP contribution in [0.5, 0.6) is 0 Å². The molecule has 2 aromatic carbocycles. The molecule has 0 N–H and O–H groups in total. The molecule has 0 saturated carbocycles. The Morgan fingerprint density at radius 3 is 2.32 bits per heavy atom. The minimum absolute atomic E-state index is 0.121. The monoisotopic (exact) mass is 494 g/mol. The second-order valence-electron chi connectivity index (χ2n) is 9.88. The average Bonchev–Trinajstić information content (AvgIpc) is 2.95. The fraction of sp³-hybridized carbons (Fsp3) is 0.367. The SMILES string of the molecule is C#Cc1ccccc1N1CCN(C(=O)c2cc(CN3CCN(c4cccnn4)CC3)c(C)cc2C)CC1. The number of aromatic nitrogens is 2. The van der Waals surface area contributed by atoms with E-state index in [2.05, 4.69) is 55.9 Å². The number of terminal acetylenes is 1. The van der Waals surface area contributed by atoms with Crippen LogP contribution in [-0.4, -0.2) is 78.3 Å². The van der Waals surface area contributed by atoms with Crippen molar-refractivity contribution in [3.63, 3.8) is 0 Å². The number of nitrogens with zero attached hydrogens (tertiary/aromatic N) is 6. The summed E-state index contributed by atoms with van der Waals surface area (Å²) in [6.07, 6.45) is 7.41. The number of hydrogen-bond acceptors (Lipinski definition) is 6. The van der Waals surface area contributed by atoms with Crippen LogP contribution >= 0.6 is 0 Å². The van der Waals surface area contributed by atoms with Gasteiger partial charge in [-0.15, -0.1) is 11.5 Å². The van der Waals surface area contributed by atoms with Crippen molar-refractivity contribution in [1.82, 2.24) is 20.0 Å². The Kier molecular flexibility index (Phi) is 7.38. The molecule has 2 aliphatic heterocycles. The van der Waals surface area contributed by atoms with Crippen LogP contribution in [0.15, 0.2) is 54.7 Å². The predicted molar refractivity (Wildman–Crippen MR) is 148 cm³/mol.